The van der Waals surface area contributed by atoms with Gasteiger partial charge in [0.05, 0.1) is 0 Å². The van der Waals surface area contributed by atoms with Gasteiger partial charge in [0, 0.05) is 25.0 Å². The lowest BCUT2D eigenvalue weighted by Gasteiger charge is -2.30. The van der Waals surface area contributed by atoms with E-state index in [-0.39, 0.29) is 0 Å². The third-order valence-electron chi connectivity index (χ3n) is 6.07. The molecule has 1 amide bonds. The Kier molecular flexibility index (Phi) is 5.20. The Morgan fingerprint density at radius 3 is 2.67 bits per heavy atom. The van der Waals surface area contributed by atoms with Crippen LogP contribution in [0.25, 0.3) is 0 Å². The van der Waals surface area contributed by atoms with Gasteiger partial charge in [-0.3, -0.25) is 4.79 Å². The van der Waals surface area contributed by atoms with Crippen molar-refractivity contribution in [2.24, 2.45) is 17.8 Å². The molecule has 2 saturated heterocycles. The van der Waals surface area contributed by atoms with Crippen LogP contribution in [0.2, 0.25) is 0 Å². The van der Waals surface area contributed by atoms with E-state index < -0.39 is 0 Å². The Labute approximate surface area is 129 Å². The molecular formula is C18H32N2O. The van der Waals surface area contributed by atoms with Crippen LogP contribution in [0.4, 0.5) is 0 Å². The largest absolute Gasteiger partial charge is 0.341 e. The summed E-state index contributed by atoms with van der Waals surface area (Å²) in [4.78, 5) is 14.9. The van der Waals surface area contributed by atoms with Crippen LogP contribution in [0.5, 0.6) is 0 Å². The second-order valence-electron chi connectivity index (χ2n) is 7.57. The van der Waals surface area contributed by atoms with Gasteiger partial charge in [0.1, 0.15) is 0 Å². The summed E-state index contributed by atoms with van der Waals surface area (Å²) < 4.78 is 0. The van der Waals surface area contributed by atoms with Gasteiger partial charge in [0.2, 0.25) is 5.91 Å². The first-order valence-electron chi connectivity index (χ1n) is 9.30. The van der Waals surface area contributed by atoms with E-state index in [2.05, 4.69) is 17.1 Å². The molecule has 0 aromatic carbocycles. The van der Waals surface area contributed by atoms with Gasteiger partial charge >= 0.3 is 0 Å². The van der Waals surface area contributed by atoms with E-state index in [0.717, 1.165) is 44.3 Å². The highest BCUT2D eigenvalue weighted by molar-refractivity contribution is 5.79. The van der Waals surface area contributed by atoms with Crippen LogP contribution in [0.15, 0.2) is 0 Å². The fourth-order valence-electron chi connectivity index (χ4n) is 4.68. The van der Waals surface area contributed by atoms with Crippen LogP contribution in [0, 0.1) is 17.8 Å². The molecule has 2 heterocycles. The van der Waals surface area contributed by atoms with Crippen LogP contribution in [-0.2, 0) is 4.79 Å². The topological polar surface area (TPSA) is 32.3 Å². The normalized spacial score (nSPS) is 36.5. The molecule has 0 spiro atoms. The van der Waals surface area contributed by atoms with Crippen molar-refractivity contribution < 1.29 is 4.79 Å². The van der Waals surface area contributed by atoms with E-state index in [1.807, 2.05) is 0 Å². The number of piperidine rings is 1. The molecule has 3 aliphatic rings. The summed E-state index contributed by atoms with van der Waals surface area (Å²) in [5.41, 5.74) is 0. The number of nitrogens with zero attached hydrogens (tertiary/aromatic N) is 1. The molecule has 2 atom stereocenters. The Morgan fingerprint density at radius 2 is 1.95 bits per heavy atom. The molecule has 2 aliphatic heterocycles. The molecule has 3 rings (SSSR count). The fourth-order valence-corrected chi connectivity index (χ4v) is 4.68. The number of carbonyl (C=O) groups is 1. The smallest absolute Gasteiger partial charge is 0.225 e. The lowest BCUT2D eigenvalue weighted by molar-refractivity contribution is -0.136. The molecular weight excluding hydrogens is 260 g/mol. The first kappa shape index (κ1) is 15.3. The van der Waals surface area contributed by atoms with E-state index in [4.69, 9.17) is 0 Å². The summed E-state index contributed by atoms with van der Waals surface area (Å²) in [7, 11) is 0. The van der Waals surface area contributed by atoms with Crippen molar-refractivity contribution in [1.29, 1.82) is 0 Å². The third-order valence-corrected chi connectivity index (χ3v) is 6.07. The molecule has 0 bridgehead atoms. The number of hydrogen-bond donors (Lipinski definition) is 1. The number of fused-ring (bicyclic) bond motifs is 1. The first-order valence-corrected chi connectivity index (χ1v) is 9.30. The van der Waals surface area contributed by atoms with Crippen molar-refractivity contribution in [2.75, 3.05) is 19.6 Å². The molecule has 0 aromatic heterocycles. The molecule has 21 heavy (non-hydrogen) atoms. The quantitative estimate of drug-likeness (QED) is 0.863. The zero-order valence-electron chi connectivity index (χ0n) is 13.7. The SMILES string of the molecule is CCCCC1CCC(C(=O)N2C[C@@H]3CCCN[C@@H]3C2)CC1. The second kappa shape index (κ2) is 7.13. The van der Waals surface area contributed by atoms with Gasteiger partial charge in [-0.15, -0.1) is 0 Å². The summed E-state index contributed by atoms with van der Waals surface area (Å²) in [6.45, 7) is 5.41. The van der Waals surface area contributed by atoms with E-state index in [1.165, 1.54) is 44.9 Å². The van der Waals surface area contributed by atoms with Crippen molar-refractivity contribution in [3.63, 3.8) is 0 Å². The number of nitrogens with one attached hydrogen (secondary N) is 1. The van der Waals surface area contributed by atoms with Crippen molar-refractivity contribution in [3.8, 4) is 0 Å². The molecule has 1 N–H and O–H groups in total. The monoisotopic (exact) mass is 292 g/mol. The number of unbranched alkanes of at least 4 members (excludes halogenated alkanes) is 1. The maximum absolute atomic E-state index is 12.8. The zero-order chi connectivity index (χ0) is 14.7. The van der Waals surface area contributed by atoms with Gasteiger partial charge in [-0.2, -0.15) is 0 Å². The number of carbonyl (C=O) groups excluding carboxylic acids is 1. The highest BCUT2D eigenvalue weighted by Crippen LogP contribution is 2.34. The number of amides is 1. The van der Waals surface area contributed by atoms with Crippen LogP contribution in [0.1, 0.15) is 64.7 Å². The van der Waals surface area contributed by atoms with Crippen LogP contribution in [0.3, 0.4) is 0 Å². The van der Waals surface area contributed by atoms with Crippen LogP contribution in [-0.4, -0.2) is 36.5 Å². The van der Waals surface area contributed by atoms with Crippen LogP contribution >= 0.6 is 0 Å². The van der Waals surface area contributed by atoms with Crippen molar-refractivity contribution in [1.82, 2.24) is 10.2 Å². The molecule has 120 valence electrons. The molecule has 1 saturated carbocycles. The van der Waals surface area contributed by atoms with E-state index in [0.29, 0.717) is 17.9 Å². The zero-order valence-corrected chi connectivity index (χ0v) is 13.7. The highest BCUT2D eigenvalue weighted by atomic mass is 16.2. The van der Waals surface area contributed by atoms with Gasteiger partial charge in [0.15, 0.2) is 0 Å². The predicted molar refractivity (Wildman–Crippen MR) is 86.1 cm³/mol. The molecule has 3 heteroatoms. The maximum Gasteiger partial charge on any atom is 0.225 e. The van der Waals surface area contributed by atoms with Crippen LogP contribution < -0.4 is 5.32 Å². The van der Waals surface area contributed by atoms with Gasteiger partial charge < -0.3 is 10.2 Å². The first-order chi connectivity index (χ1) is 10.3. The van der Waals surface area contributed by atoms with Crippen molar-refractivity contribution in [2.45, 2.75) is 70.8 Å². The fraction of sp³-hybridized carbons (Fsp3) is 0.944. The lowest BCUT2D eigenvalue weighted by Crippen LogP contribution is -2.41. The standard InChI is InChI=1S/C18H32N2O/c1-2-3-5-14-7-9-15(10-8-14)18(21)20-12-16-6-4-11-19-17(16)13-20/h14-17,19H,2-13H2,1H3/t14?,15?,16-,17+/m0/s1. The third kappa shape index (κ3) is 3.61. The summed E-state index contributed by atoms with van der Waals surface area (Å²) in [5.74, 6) is 2.43. The lowest BCUT2D eigenvalue weighted by atomic mass is 9.79. The summed E-state index contributed by atoms with van der Waals surface area (Å²) >= 11 is 0. The minimum absolute atomic E-state index is 0.336. The number of rotatable bonds is 4. The summed E-state index contributed by atoms with van der Waals surface area (Å²) in [6, 6.07) is 0.587. The van der Waals surface area contributed by atoms with Gasteiger partial charge in [-0.1, -0.05) is 26.2 Å². The molecule has 0 aromatic rings. The van der Waals surface area contributed by atoms with E-state index >= 15 is 0 Å². The minimum atomic E-state index is 0.336. The average Bonchev–Trinajstić information content (AvgIpc) is 2.96. The Morgan fingerprint density at radius 1 is 1.14 bits per heavy atom. The van der Waals surface area contributed by atoms with Gasteiger partial charge in [0.25, 0.3) is 0 Å². The van der Waals surface area contributed by atoms with Gasteiger partial charge in [-0.25, -0.2) is 0 Å². The van der Waals surface area contributed by atoms with Crippen molar-refractivity contribution >= 4 is 5.91 Å². The maximum atomic E-state index is 12.8. The minimum Gasteiger partial charge on any atom is -0.341 e. The Balaban J connectivity index is 1.46. The molecule has 0 radical (unpaired) electrons. The average molecular weight is 292 g/mol. The second-order valence-corrected chi connectivity index (χ2v) is 7.57. The Bertz CT molecular complexity index is 335. The summed E-state index contributed by atoms with van der Waals surface area (Å²) in [5, 5.41) is 3.61. The molecule has 1 aliphatic carbocycles. The molecule has 3 nitrogen and oxygen atoms in total. The number of likely N-dealkylation sites (tertiary alicyclic amines) is 1. The van der Waals surface area contributed by atoms with Crippen molar-refractivity contribution in [3.05, 3.63) is 0 Å². The summed E-state index contributed by atoms with van der Waals surface area (Å²) in [6.07, 6.45) is 11.5. The van der Waals surface area contributed by atoms with E-state index in [1.54, 1.807) is 0 Å². The molecule has 3 fully saturated rings. The molecule has 0 unspecified atom stereocenters. The van der Waals surface area contributed by atoms with Gasteiger partial charge in [-0.05, 0) is 56.9 Å². The highest BCUT2D eigenvalue weighted by Gasteiger charge is 2.39. The predicted octanol–water partition coefficient (Wildman–Crippen LogP) is 3.19. The Hall–Kier alpha value is -0.570. The van der Waals surface area contributed by atoms with E-state index in [9.17, 15) is 4.79 Å². The number of hydrogen-bond acceptors (Lipinski definition) is 2.